The van der Waals surface area contributed by atoms with Crippen LogP contribution >= 0.6 is 0 Å². The topological polar surface area (TPSA) is 92.8 Å². The fourth-order valence-corrected chi connectivity index (χ4v) is 3.72. The first-order valence-electron chi connectivity index (χ1n) is 6.13. The number of sulfone groups is 1. The molecule has 0 radical (unpaired) electrons. The lowest BCUT2D eigenvalue weighted by Gasteiger charge is -2.19. The summed E-state index contributed by atoms with van der Waals surface area (Å²) in [6.45, 7) is 0.731. The van der Waals surface area contributed by atoms with Gasteiger partial charge in [-0.3, -0.25) is 0 Å². The summed E-state index contributed by atoms with van der Waals surface area (Å²) in [5.74, 6) is 0.110. The van der Waals surface area contributed by atoms with Gasteiger partial charge in [-0.25, -0.2) is 16.8 Å². The molecular formula is C12H20N2O5S2. The molecule has 0 aromatic heterocycles. The second-order valence-corrected chi connectivity index (χ2v) is 8.54. The van der Waals surface area contributed by atoms with Crippen LogP contribution in [-0.2, 0) is 19.9 Å². The van der Waals surface area contributed by atoms with Gasteiger partial charge in [0.05, 0.1) is 12.0 Å². The predicted molar refractivity (Wildman–Crippen MR) is 79.8 cm³/mol. The average Bonchev–Trinajstić information content (AvgIpc) is 2.42. The van der Waals surface area contributed by atoms with Crippen LogP contribution in [0, 0.1) is 0 Å². The van der Waals surface area contributed by atoms with Crippen molar-refractivity contribution in [3.63, 3.8) is 0 Å². The Morgan fingerprint density at radius 2 is 1.86 bits per heavy atom. The molecule has 0 amide bonds. The van der Waals surface area contributed by atoms with E-state index in [1.54, 1.807) is 7.05 Å². The van der Waals surface area contributed by atoms with Crippen LogP contribution in [0.25, 0.3) is 0 Å². The van der Waals surface area contributed by atoms with E-state index in [2.05, 4.69) is 5.32 Å². The molecule has 1 N–H and O–H groups in total. The molecule has 0 atom stereocenters. The van der Waals surface area contributed by atoms with Crippen LogP contribution in [0.15, 0.2) is 28.0 Å². The number of hydrogen-bond acceptors (Lipinski definition) is 6. The van der Waals surface area contributed by atoms with Crippen molar-refractivity contribution in [3.8, 4) is 5.75 Å². The van der Waals surface area contributed by atoms with Crippen molar-refractivity contribution < 1.29 is 21.6 Å². The van der Waals surface area contributed by atoms with Gasteiger partial charge in [-0.2, -0.15) is 4.31 Å². The molecule has 0 saturated carbocycles. The van der Waals surface area contributed by atoms with E-state index in [-0.39, 0.29) is 22.1 Å². The molecule has 0 aliphatic carbocycles. The summed E-state index contributed by atoms with van der Waals surface area (Å²) in [6.07, 6.45) is 1.02. The molecule has 0 spiro atoms. The highest BCUT2D eigenvalue weighted by molar-refractivity contribution is 7.91. The van der Waals surface area contributed by atoms with Gasteiger partial charge in [0, 0.05) is 26.4 Å². The molecule has 0 unspecified atom stereocenters. The van der Waals surface area contributed by atoms with Crippen LogP contribution < -0.4 is 10.1 Å². The van der Waals surface area contributed by atoms with Gasteiger partial charge in [-0.05, 0) is 25.2 Å². The van der Waals surface area contributed by atoms with Crippen molar-refractivity contribution in [2.45, 2.75) is 9.79 Å². The Labute approximate surface area is 125 Å². The maximum atomic E-state index is 12.5. The van der Waals surface area contributed by atoms with Crippen LogP contribution in [0.1, 0.15) is 0 Å². The Balaban J connectivity index is 3.39. The molecule has 0 aliphatic heterocycles. The van der Waals surface area contributed by atoms with Crippen molar-refractivity contribution in [3.05, 3.63) is 18.2 Å². The number of sulfonamides is 1. The monoisotopic (exact) mass is 336 g/mol. The molecule has 120 valence electrons. The Hall–Kier alpha value is -1.16. The molecule has 0 fully saturated rings. The average molecular weight is 336 g/mol. The van der Waals surface area contributed by atoms with Gasteiger partial charge in [-0.1, -0.05) is 0 Å². The number of nitrogens with zero attached hydrogens (tertiary/aromatic N) is 1. The van der Waals surface area contributed by atoms with E-state index >= 15 is 0 Å². The van der Waals surface area contributed by atoms with Gasteiger partial charge in [0.1, 0.15) is 10.6 Å². The number of benzene rings is 1. The molecule has 7 nitrogen and oxygen atoms in total. The molecule has 0 bridgehead atoms. The van der Waals surface area contributed by atoms with E-state index in [0.717, 1.165) is 16.6 Å². The molecule has 1 rings (SSSR count). The van der Waals surface area contributed by atoms with E-state index in [1.807, 2.05) is 0 Å². The highest BCUT2D eigenvalue weighted by Crippen LogP contribution is 2.28. The summed E-state index contributed by atoms with van der Waals surface area (Å²) < 4.78 is 54.4. The van der Waals surface area contributed by atoms with Crippen LogP contribution in [0.4, 0.5) is 0 Å². The van der Waals surface area contributed by atoms with Gasteiger partial charge in [0.25, 0.3) is 0 Å². The molecule has 0 saturated heterocycles. The van der Waals surface area contributed by atoms with E-state index < -0.39 is 19.9 Å². The second-order valence-electron chi connectivity index (χ2n) is 4.51. The first-order chi connectivity index (χ1) is 9.64. The maximum Gasteiger partial charge on any atom is 0.246 e. The number of nitrogens with one attached hydrogen (secondary N) is 1. The molecule has 21 heavy (non-hydrogen) atoms. The van der Waals surface area contributed by atoms with Crippen molar-refractivity contribution in [1.82, 2.24) is 9.62 Å². The van der Waals surface area contributed by atoms with E-state index in [0.29, 0.717) is 6.54 Å². The summed E-state index contributed by atoms with van der Waals surface area (Å²) in [5, 5.41) is 2.85. The minimum absolute atomic E-state index is 0.0658. The lowest BCUT2D eigenvalue weighted by molar-refractivity contribution is 0.397. The van der Waals surface area contributed by atoms with Gasteiger partial charge < -0.3 is 10.1 Å². The van der Waals surface area contributed by atoms with Crippen LogP contribution in [0.3, 0.4) is 0 Å². The third-order valence-corrected chi connectivity index (χ3v) is 5.92. The van der Waals surface area contributed by atoms with Crippen LogP contribution in [0.2, 0.25) is 0 Å². The first-order valence-corrected chi connectivity index (χ1v) is 9.46. The van der Waals surface area contributed by atoms with Gasteiger partial charge >= 0.3 is 0 Å². The number of likely N-dealkylation sites (N-methyl/N-ethyl adjacent to an activating group) is 2. The predicted octanol–water partition coefficient (Wildman–Crippen LogP) is -0.0614. The minimum atomic E-state index is -3.83. The normalized spacial score (nSPS) is 12.6. The summed E-state index contributed by atoms with van der Waals surface area (Å²) in [6, 6.07) is 3.79. The largest absolute Gasteiger partial charge is 0.495 e. The number of ether oxygens (including phenoxy) is 1. The Morgan fingerprint density at radius 1 is 1.24 bits per heavy atom. The summed E-state index contributed by atoms with van der Waals surface area (Å²) in [7, 11) is -2.86. The Kier molecular flexibility index (Phi) is 5.74. The van der Waals surface area contributed by atoms with Crippen LogP contribution in [0.5, 0.6) is 5.75 Å². The van der Waals surface area contributed by atoms with Crippen molar-refractivity contribution >= 4 is 19.9 Å². The highest BCUT2D eigenvalue weighted by Gasteiger charge is 2.26. The standard InChI is InChI=1S/C12H20N2O5S2/c1-13-7-8-14(2)21(17,18)12-9-10(20(4,15)16)5-6-11(12)19-3/h5-6,9,13H,7-8H2,1-4H3. The molecule has 0 aliphatic rings. The zero-order valence-corrected chi connectivity index (χ0v) is 14.1. The fraction of sp³-hybridized carbons (Fsp3) is 0.500. The van der Waals surface area contributed by atoms with E-state index in [1.165, 1.54) is 26.3 Å². The van der Waals surface area contributed by atoms with Gasteiger partial charge in [0.2, 0.25) is 10.0 Å². The maximum absolute atomic E-state index is 12.5. The second kappa shape index (κ2) is 6.73. The zero-order valence-electron chi connectivity index (χ0n) is 12.5. The quantitative estimate of drug-likeness (QED) is 0.750. The molecule has 1 aromatic carbocycles. The fourth-order valence-electron chi connectivity index (χ4n) is 1.65. The minimum Gasteiger partial charge on any atom is -0.495 e. The Bertz CT molecular complexity index is 698. The molecule has 9 heteroatoms. The van der Waals surface area contributed by atoms with Gasteiger partial charge in [-0.15, -0.1) is 0 Å². The summed E-state index contributed by atoms with van der Waals surface area (Å²) >= 11 is 0. The third-order valence-electron chi connectivity index (χ3n) is 2.93. The SMILES string of the molecule is CNCCN(C)S(=O)(=O)c1cc(S(C)(=O)=O)ccc1OC. The molecule has 0 heterocycles. The summed E-state index contributed by atoms with van der Waals surface area (Å²) in [5.41, 5.74) is 0. The van der Waals surface area contributed by atoms with E-state index in [4.69, 9.17) is 4.74 Å². The molecule has 1 aromatic rings. The Morgan fingerprint density at radius 3 is 2.33 bits per heavy atom. The number of hydrogen-bond donors (Lipinski definition) is 1. The van der Waals surface area contributed by atoms with Crippen molar-refractivity contribution in [1.29, 1.82) is 0 Å². The van der Waals surface area contributed by atoms with Crippen molar-refractivity contribution in [2.75, 3.05) is 40.6 Å². The third kappa shape index (κ3) is 4.16. The smallest absolute Gasteiger partial charge is 0.246 e. The highest BCUT2D eigenvalue weighted by atomic mass is 32.2. The van der Waals surface area contributed by atoms with Crippen molar-refractivity contribution in [2.24, 2.45) is 0 Å². The summed E-state index contributed by atoms with van der Waals surface area (Å²) in [4.78, 5) is -0.226. The zero-order chi connectivity index (χ0) is 16.3. The lowest BCUT2D eigenvalue weighted by Crippen LogP contribution is -2.33. The molecular weight excluding hydrogens is 316 g/mol. The lowest BCUT2D eigenvalue weighted by atomic mass is 10.3. The van der Waals surface area contributed by atoms with Gasteiger partial charge in [0.15, 0.2) is 9.84 Å². The number of methoxy groups -OCH3 is 1. The number of rotatable bonds is 7. The van der Waals surface area contributed by atoms with E-state index in [9.17, 15) is 16.8 Å². The first kappa shape index (κ1) is 17.9. The van der Waals surface area contributed by atoms with Crippen LogP contribution in [-0.4, -0.2) is 61.7 Å².